The Balaban J connectivity index is 2.48. The van der Waals surface area contributed by atoms with E-state index >= 15 is 0 Å². The van der Waals surface area contributed by atoms with Gasteiger partial charge < -0.3 is 24.0 Å². The third-order valence-corrected chi connectivity index (χ3v) is 4.50. The third kappa shape index (κ3) is 3.06. The summed E-state index contributed by atoms with van der Waals surface area (Å²) in [5.74, 6) is -0.0375. The average molecular weight is 252 g/mol. The van der Waals surface area contributed by atoms with E-state index in [-0.39, 0.29) is 12.2 Å². The summed E-state index contributed by atoms with van der Waals surface area (Å²) in [7, 11) is 1.16. The SMILES string of the molecule is BC1CC(OCP(=O)(OC)OC)C(O)C1O. The number of ether oxygens (including phenoxy) is 1. The molecule has 0 aromatic carbocycles. The molecule has 0 bridgehead atoms. The lowest BCUT2D eigenvalue weighted by molar-refractivity contribution is -0.0454. The van der Waals surface area contributed by atoms with Crippen molar-refractivity contribution in [2.75, 3.05) is 20.6 Å². The molecule has 1 aliphatic carbocycles. The van der Waals surface area contributed by atoms with Crippen molar-refractivity contribution in [2.45, 2.75) is 30.5 Å². The van der Waals surface area contributed by atoms with Crippen molar-refractivity contribution in [3.8, 4) is 0 Å². The van der Waals surface area contributed by atoms with Crippen molar-refractivity contribution in [1.82, 2.24) is 0 Å². The highest BCUT2D eigenvalue weighted by Crippen LogP contribution is 2.47. The van der Waals surface area contributed by atoms with Crippen LogP contribution in [0.4, 0.5) is 0 Å². The van der Waals surface area contributed by atoms with E-state index in [1.165, 1.54) is 14.2 Å². The second kappa shape index (κ2) is 5.62. The molecule has 0 spiro atoms. The predicted molar refractivity (Wildman–Crippen MR) is 60.3 cm³/mol. The molecule has 0 amide bonds. The zero-order valence-electron chi connectivity index (χ0n) is 9.70. The van der Waals surface area contributed by atoms with E-state index in [1.807, 2.05) is 7.85 Å². The molecule has 2 N–H and O–H groups in total. The Bertz CT molecular complexity index is 267. The molecule has 4 atom stereocenters. The van der Waals surface area contributed by atoms with Crippen LogP contribution in [0.2, 0.25) is 5.82 Å². The summed E-state index contributed by atoms with van der Waals surface area (Å²) in [6.07, 6.45) is -1.97. The first-order valence-corrected chi connectivity index (χ1v) is 6.84. The van der Waals surface area contributed by atoms with Crippen molar-refractivity contribution >= 4 is 15.4 Å². The smallest absolute Gasteiger partial charge is 0.355 e. The summed E-state index contributed by atoms with van der Waals surface area (Å²) in [6.45, 7) is 0. The van der Waals surface area contributed by atoms with Gasteiger partial charge in [-0.05, 0) is 12.2 Å². The fourth-order valence-electron chi connectivity index (χ4n) is 1.74. The summed E-state index contributed by atoms with van der Waals surface area (Å²) in [5.41, 5.74) is 0. The van der Waals surface area contributed by atoms with Crippen molar-refractivity contribution in [1.29, 1.82) is 0 Å². The van der Waals surface area contributed by atoms with E-state index in [0.29, 0.717) is 6.42 Å². The fourth-order valence-corrected chi connectivity index (χ4v) is 2.47. The third-order valence-electron chi connectivity index (χ3n) is 2.92. The molecule has 1 rings (SSSR count). The fraction of sp³-hybridized carbons (Fsp3) is 1.00. The number of hydrogen-bond donors (Lipinski definition) is 2. The van der Waals surface area contributed by atoms with Crippen LogP contribution >= 0.6 is 7.60 Å². The van der Waals surface area contributed by atoms with Crippen molar-refractivity contribution in [2.24, 2.45) is 0 Å². The molecule has 0 aromatic heterocycles. The largest absolute Gasteiger partial charge is 0.391 e. The Hall–Kier alpha value is 0.0949. The monoisotopic (exact) mass is 252 g/mol. The van der Waals surface area contributed by atoms with Gasteiger partial charge in [0.2, 0.25) is 0 Å². The highest BCUT2D eigenvalue weighted by Gasteiger charge is 2.40. The molecule has 1 aliphatic rings. The van der Waals surface area contributed by atoms with E-state index in [4.69, 9.17) is 13.8 Å². The molecule has 8 heteroatoms. The van der Waals surface area contributed by atoms with E-state index in [2.05, 4.69) is 0 Å². The summed E-state index contributed by atoms with van der Waals surface area (Å²) in [4.78, 5) is 0. The van der Waals surface area contributed by atoms with E-state index < -0.39 is 25.9 Å². The molecule has 0 aliphatic heterocycles. The first kappa shape index (κ1) is 14.2. The van der Waals surface area contributed by atoms with Crippen molar-refractivity contribution < 1.29 is 28.6 Å². The average Bonchev–Trinajstić information content (AvgIpc) is 2.54. The molecular weight excluding hydrogens is 234 g/mol. The van der Waals surface area contributed by atoms with Gasteiger partial charge >= 0.3 is 7.60 Å². The van der Waals surface area contributed by atoms with Gasteiger partial charge in [0.25, 0.3) is 0 Å². The molecule has 4 unspecified atom stereocenters. The Morgan fingerprint density at radius 3 is 2.25 bits per heavy atom. The number of aliphatic hydroxyl groups is 2. The van der Waals surface area contributed by atoms with Gasteiger partial charge in [-0.15, -0.1) is 0 Å². The van der Waals surface area contributed by atoms with Gasteiger partial charge in [-0.2, -0.15) is 0 Å². The molecule has 0 aromatic rings. The van der Waals surface area contributed by atoms with Crippen LogP contribution in [-0.2, 0) is 18.3 Å². The lowest BCUT2D eigenvalue weighted by atomic mass is 9.84. The summed E-state index contributed by atoms with van der Waals surface area (Å²) in [5, 5.41) is 19.1. The Morgan fingerprint density at radius 1 is 1.31 bits per heavy atom. The van der Waals surface area contributed by atoms with E-state index in [0.717, 1.165) is 0 Å². The molecule has 6 nitrogen and oxygen atoms in total. The summed E-state index contributed by atoms with van der Waals surface area (Å²) < 4.78 is 26.3. The number of rotatable bonds is 5. The van der Waals surface area contributed by atoms with E-state index in [9.17, 15) is 14.8 Å². The Morgan fingerprint density at radius 2 is 1.88 bits per heavy atom. The number of aliphatic hydroxyl groups excluding tert-OH is 2. The van der Waals surface area contributed by atoms with Gasteiger partial charge in [0.05, 0.1) is 12.2 Å². The minimum atomic E-state index is -3.21. The van der Waals surface area contributed by atoms with Gasteiger partial charge in [-0.1, -0.05) is 0 Å². The molecule has 1 saturated carbocycles. The Kier molecular flexibility index (Phi) is 4.97. The van der Waals surface area contributed by atoms with Crippen LogP contribution in [0.3, 0.4) is 0 Å². The maximum absolute atomic E-state index is 11.7. The molecule has 1 fully saturated rings. The lowest BCUT2D eigenvalue weighted by Crippen LogP contribution is -2.31. The standard InChI is InChI=1S/C8H18BO6P/c1-13-16(12,14-2)4-15-6-3-5(9)7(10)8(6)11/h5-8,10-11H,3-4,9H2,1-2H3. The normalized spacial score (nSPS) is 35.5. The highest BCUT2D eigenvalue weighted by molar-refractivity contribution is 7.53. The maximum atomic E-state index is 11.7. The first-order chi connectivity index (χ1) is 7.43. The van der Waals surface area contributed by atoms with Crippen molar-refractivity contribution in [3.05, 3.63) is 0 Å². The maximum Gasteiger partial charge on any atom is 0.355 e. The second-order valence-electron chi connectivity index (χ2n) is 4.00. The lowest BCUT2D eigenvalue weighted by Gasteiger charge is -2.20. The van der Waals surface area contributed by atoms with Crippen LogP contribution in [0.5, 0.6) is 0 Å². The first-order valence-electron chi connectivity index (χ1n) is 5.12. The van der Waals surface area contributed by atoms with Crippen LogP contribution in [0, 0.1) is 0 Å². The highest BCUT2D eigenvalue weighted by atomic mass is 31.2. The summed E-state index contributed by atoms with van der Waals surface area (Å²) in [6, 6.07) is 0. The van der Waals surface area contributed by atoms with Crippen LogP contribution in [-0.4, -0.2) is 56.9 Å². The van der Waals surface area contributed by atoms with Crippen molar-refractivity contribution in [3.63, 3.8) is 0 Å². The van der Waals surface area contributed by atoms with Gasteiger partial charge in [0, 0.05) is 14.2 Å². The molecule has 0 saturated heterocycles. The molecular formula is C8H18BO6P. The zero-order chi connectivity index (χ0) is 12.3. The quantitative estimate of drug-likeness (QED) is 0.500. The molecule has 0 heterocycles. The topological polar surface area (TPSA) is 85.2 Å². The second-order valence-corrected chi connectivity index (χ2v) is 6.21. The minimum absolute atomic E-state index is 0.0375. The number of hydrogen-bond acceptors (Lipinski definition) is 6. The summed E-state index contributed by atoms with van der Waals surface area (Å²) >= 11 is 0. The minimum Gasteiger partial charge on any atom is -0.391 e. The van der Waals surface area contributed by atoms with Crippen LogP contribution < -0.4 is 0 Å². The van der Waals surface area contributed by atoms with Gasteiger partial charge in [0.1, 0.15) is 20.3 Å². The Labute approximate surface area is 95.8 Å². The molecule has 94 valence electrons. The van der Waals surface area contributed by atoms with Gasteiger partial charge in [-0.25, -0.2) is 0 Å². The van der Waals surface area contributed by atoms with Gasteiger partial charge in [-0.3, -0.25) is 4.57 Å². The zero-order valence-corrected chi connectivity index (χ0v) is 10.6. The molecule has 0 radical (unpaired) electrons. The molecule has 16 heavy (non-hydrogen) atoms. The predicted octanol–water partition coefficient (Wildman–Crippen LogP) is -0.638. The van der Waals surface area contributed by atoms with E-state index in [1.54, 1.807) is 0 Å². The van der Waals surface area contributed by atoms with Gasteiger partial charge in [0.15, 0.2) is 0 Å². The van der Waals surface area contributed by atoms with Crippen LogP contribution in [0.25, 0.3) is 0 Å². The van der Waals surface area contributed by atoms with Crippen LogP contribution in [0.1, 0.15) is 6.42 Å². The van der Waals surface area contributed by atoms with Crippen LogP contribution in [0.15, 0.2) is 0 Å².